The zero-order chi connectivity index (χ0) is 20.2. The monoisotopic (exact) mass is 425 g/mol. The summed E-state index contributed by atoms with van der Waals surface area (Å²) in [7, 11) is 3.73. The quantitative estimate of drug-likeness (QED) is 0.143. The molecular weight excluding hydrogens is 382 g/mol. The van der Waals surface area contributed by atoms with E-state index in [1.54, 1.807) is 0 Å². The van der Waals surface area contributed by atoms with Gasteiger partial charge >= 0.3 is 0 Å². The molecule has 0 aromatic rings. The summed E-state index contributed by atoms with van der Waals surface area (Å²) in [5.74, 6) is 7.33. The molecule has 0 saturated heterocycles. The van der Waals surface area contributed by atoms with Gasteiger partial charge in [0.05, 0.1) is 38.3 Å². The maximum absolute atomic E-state index is 11.5. The summed E-state index contributed by atoms with van der Waals surface area (Å²) in [5, 5.41) is 9.88. The number of carbonyl (C=O) groups is 1. The summed E-state index contributed by atoms with van der Waals surface area (Å²) in [4.78, 5) is 11.5. The van der Waals surface area contributed by atoms with Crippen LogP contribution in [0.4, 0.5) is 0 Å². The van der Waals surface area contributed by atoms with Crippen LogP contribution >= 0.6 is 21.6 Å². The van der Waals surface area contributed by atoms with E-state index < -0.39 is 0 Å². The van der Waals surface area contributed by atoms with Crippen molar-refractivity contribution in [2.45, 2.75) is 39.5 Å². The second kappa shape index (κ2) is 20.3. The molecule has 1 unspecified atom stereocenters. The largest absolute Gasteiger partial charge is 0.379 e. The number of ether oxygens (including phenoxy) is 2. The summed E-state index contributed by atoms with van der Waals surface area (Å²) >= 11 is 0. The number of rotatable bonds is 17. The van der Waals surface area contributed by atoms with Crippen LogP contribution in [-0.2, 0) is 14.3 Å². The van der Waals surface area contributed by atoms with Crippen LogP contribution in [0.25, 0.3) is 0 Å². The molecular formula is C19H43N3O3S2. The van der Waals surface area contributed by atoms with Gasteiger partial charge in [-0.2, -0.15) is 0 Å². The Kier molecular flexibility index (Phi) is 20.0. The Morgan fingerprint density at radius 2 is 1.85 bits per heavy atom. The van der Waals surface area contributed by atoms with E-state index >= 15 is 0 Å². The summed E-state index contributed by atoms with van der Waals surface area (Å²) in [5.41, 5.74) is 0. The van der Waals surface area contributed by atoms with Gasteiger partial charge in [0.15, 0.2) is 0 Å². The zero-order valence-corrected chi connectivity index (χ0v) is 18.9. The average Bonchev–Trinajstić information content (AvgIpc) is 2.63. The van der Waals surface area contributed by atoms with Gasteiger partial charge < -0.3 is 25.4 Å². The van der Waals surface area contributed by atoms with E-state index in [0.717, 1.165) is 25.4 Å². The van der Waals surface area contributed by atoms with Crippen LogP contribution in [-0.4, -0.2) is 69.6 Å². The molecule has 0 bridgehead atoms. The smallest absolute Gasteiger partial charge is 0.223 e. The molecule has 0 fully saturated rings. The first-order valence-corrected chi connectivity index (χ1v) is 12.1. The number of amides is 1. The van der Waals surface area contributed by atoms with Crippen molar-refractivity contribution >= 4 is 27.5 Å². The minimum atomic E-state index is -0.0343. The highest BCUT2D eigenvalue weighted by Crippen LogP contribution is 2.24. The molecule has 1 atom stereocenters. The number of hydrogen-bond acceptors (Lipinski definition) is 7. The minimum absolute atomic E-state index is 0. The lowest BCUT2D eigenvalue weighted by molar-refractivity contribution is -0.122. The minimum Gasteiger partial charge on any atom is -0.379 e. The van der Waals surface area contributed by atoms with Crippen molar-refractivity contribution in [3.05, 3.63) is 0 Å². The van der Waals surface area contributed by atoms with E-state index in [4.69, 9.17) is 9.47 Å². The van der Waals surface area contributed by atoms with Gasteiger partial charge in [-0.25, -0.2) is 0 Å². The predicted octanol–water partition coefficient (Wildman–Crippen LogP) is 2.85. The number of hydrogen-bond donors (Lipinski definition) is 3. The van der Waals surface area contributed by atoms with Crippen LogP contribution in [0.15, 0.2) is 0 Å². The lowest BCUT2D eigenvalue weighted by Gasteiger charge is -2.13. The van der Waals surface area contributed by atoms with Crippen molar-refractivity contribution in [3.63, 3.8) is 0 Å². The maximum Gasteiger partial charge on any atom is 0.223 e. The third kappa shape index (κ3) is 21.7. The van der Waals surface area contributed by atoms with Crippen LogP contribution in [0.3, 0.4) is 0 Å². The molecule has 8 heteroatoms. The highest BCUT2D eigenvalue weighted by Gasteiger charge is 2.02. The van der Waals surface area contributed by atoms with Gasteiger partial charge in [-0.15, -0.1) is 0 Å². The molecule has 0 aliphatic heterocycles. The second-order valence-electron chi connectivity index (χ2n) is 6.10. The molecule has 3 N–H and O–H groups in total. The third-order valence-electron chi connectivity index (χ3n) is 3.11. The molecule has 0 aromatic carbocycles. The molecule has 0 rings (SSSR count). The molecule has 1 amide bonds. The third-order valence-corrected chi connectivity index (χ3v) is 5.85. The van der Waals surface area contributed by atoms with Crippen molar-refractivity contribution < 1.29 is 18.5 Å². The van der Waals surface area contributed by atoms with E-state index in [2.05, 4.69) is 41.6 Å². The summed E-state index contributed by atoms with van der Waals surface area (Å²) in [6, 6.07) is 0. The molecule has 0 heterocycles. The standard InChI is InChI=1S/C19H37N3O3S2.3H2/c1-5-20-11-16-26-27-18(4)21-10-13-25-15-14-24-12-8-19(23)22-9-6-7-17(2)3;;;/h17-18,20-21H,5,8-16H2,1-4H3,(H,22,23);3*1H. The van der Waals surface area contributed by atoms with Gasteiger partial charge in [0.25, 0.3) is 0 Å². The Bertz CT molecular complexity index is 429. The van der Waals surface area contributed by atoms with E-state index in [0.29, 0.717) is 50.7 Å². The lowest BCUT2D eigenvalue weighted by Crippen LogP contribution is -2.27. The first kappa shape index (κ1) is 26.6. The Labute approximate surface area is 177 Å². The van der Waals surface area contributed by atoms with Crippen LogP contribution in [0.5, 0.6) is 0 Å². The Morgan fingerprint density at radius 3 is 2.56 bits per heavy atom. The van der Waals surface area contributed by atoms with E-state index in [1.807, 2.05) is 35.4 Å². The first-order chi connectivity index (χ1) is 13.1. The van der Waals surface area contributed by atoms with Crippen molar-refractivity contribution in [2.75, 3.05) is 58.4 Å². The molecule has 0 aliphatic rings. The van der Waals surface area contributed by atoms with Gasteiger partial charge in [-0.3, -0.25) is 4.79 Å². The molecule has 0 radical (unpaired) electrons. The van der Waals surface area contributed by atoms with E-state index in [1.165, 1.54) is 0 Å². The zero-order valence-electron chi connectivity index (χ0n) is 17.3. The van der Waals surface area contributed by atoms with Crippen molar-refractivity contribution in [1.82, 2.24) is 16.0 Å². The van der Waals surface area contributed by atoms with E-state index in [-0.39, 0.29) is 10.2 Å². The van der Waals surface area contributed by atoms with Crippen LogP contribution in [0.2, 0.25) is 0 Å². The van der Waals surface area contributed by atoms with Crippen molar-refractivity contribution in [3.8, 4) is 11.8 Å². The molecule has 0 spiro atoms. The van der Waals surface area contributed by atoms with E-state index in [9.17, 15) is 4.79 Å². The fraction of sp³-hybridized carbons (Fsp3) is 0.842. The summed E-state index contributed by atoms with van der Waals surface area (Å²) < 4.78 is 10.9. The Balaban J connectivity index is -0.00000113. The highest BCUT2D eigenvalue weighted by molar-refractivity contribution is 8.76. The predicted molar refractivity (Wildman–Crippen MR) is 124 cm³/mol. The first-order valence-electron chi connectivity index (χ1n) is 9.69. The SMILES string of the molecule is CCNCCSSC(C)NCCOCCOCCC(=O)NCC#CC(C)C.[HH].[HH].[HH]. The fourth-order valence-corrected chi connectivity index (χ4v) is 3.85. The van der Waals surface area contributed by atoms with Gasteiger partial charge in [-0.1, -0.05) is 54.2 Å². The van der Waals surface area contributed by atoms with Crippen molar-refractivity contribution in [1.29, 1.82) is 0 Å². The summed E-state index contributed by atoms with van der Waals surface area (Å²) in [6.45, 7) is 13.7. The average molecular weight is 426 g/mol. The van der Waals surface area contributed by atoms with Gasteiger partial charge in [0.2, 0.25) is 5.91 Å². The highest BCUT2D eigenvalue weighted by atomic mass is 33.1. The number of nitrogens with one attached hydrogen (secondary N) is 3. The molecule has 6 nitrogen and oxygen atoms in total. The number of carbonyl (C=O) groups excluding carboxylic acids is 1. The van der Waals surface area contributed by atoms with Gasteiger partial charge in [0, 0.05) is 35.5 Å². The molecule has 164 valence electrons. The fourth-order valence-electron chi connectivity index (χ4n) is 1.78. The van der Waals surface area contributed by atoms with Crippen LogP contribution < -0.4 is 16.0 Å². The van der Waals surface area contributed by atoms with Gasteiger partial charge in [0.1, 0.15) is 0 Å². The van der Waals surface area contributed by atoms with Crippen LogP contribution in [0.1, 0.15) is 38.4 Å². The summed E-state index contributed by atoms with van der Waals surface area (Å²) in [6.07, 6.45) is 0.352. The normalized spacial score (nSPS) is 11.9. The topological polar surface area (TPSA) is 71.6 Å². The second-order valence-corrected chi connectivity index (χ2v) is 8.92. The Morgan fingerprint density at radius 1 is 1.11 bits per heavy atom. The van der Waals surface area contributed by atoms with Crippen molar-refractivity contribution in [2.24, 2.45) is 5.92 Å². The molecule has 27 heavy (non-hydrogen) atoms. The van der Waals surface area contributed by atoms with Gasteiger partial charge in [-0.05, 0) is 13.5 Å². The van der Waals surface area contributed by atoms with Crippen LogP contribution in [0, 0.1) is 17.8 Å². The molecule has 0 aromatic heterocycles. The molecule has 0 saturated carbocycles. The molecule has 0 aliphatic carbocycles. The maximum atomic E-state index is 11.5. The Hall–Kier alpha value is -0.430. The lowest BCUT2D eigenvalue weighted by atomic mass is 10.2.